The summed E-state index contributed by atoms with van der Waals surface area (Å²) in [7, 11) is 0. The number of ether oxygens (including phenoxy) is 1. The van der Waals surface area contributed by atoms with Gasteiger partial charge in [0.2, 0.25) is 0 Å². The van der Waals surface area contributed by atoms with E-state index in [1.165, 1.54) is 69.8 Å². The van der Waals surface area contributed by atoms with Crippen molar-refractivity contribution >= 4 is 17.3 Å². The number of hydrogen-bond donors (Lipinski definition) is 2. The van der Waals surface area contributed by atoms with Gasteiger partial charge in [-0.2, -0.15) is 0 Å². The average Bonchev–Trinajstić information content (AvgIpc) is 3.33. The van der Waals surface area contributed by atoms with Crippen LogP contribution in [-0.4, -0.2) is 12.1 Å². The summed E-state index contributed by atoms with van der Waals surface area (Å²) < 4.78 is 6.13. The van der Waals surface area contributed by atoms with E-state index in [4.69, 9.17) is 16.2 Å². The van der Waals surface area contributed by atoms with Gasteiger partial charge in [0.15, 0.2) is 0 Å². The second-order valence-corrected chi connectivity index (χ2v) is 16.9. The Balaban J connectivity index is 1.05. The summed E-state index contributed by atoms with van der Waals surface area (Å²) in [6.07, 6.45) is 22.1. The summed E-state index contributed by atoms with van der Waals surface area (Å²) in [5.74, 6) is 6.16. The molecule has 0 aliphatic heterocycles. The molecular formula is C40H66N2O2. The maximum Gasteiger partial charge on any atom is 0.306 e. The topological polar surface area (TPSA) is 78.3 Å². The van der Waals surface area contributed by atoms with Crippen LogP contribution < -0.4 is 11.5 Å². The van der Waals surface area contributed by atoms with E-state index in [0.29, 0.717) is 17.3 Å². The zero-order valence-corrected chi connectivity index (χ0v) is 29.0. The van der Waals surface area contributed by atoms with Gasteiger partial charge in [0.25, 0.3) is 0 Å². The van der Waals surface area contributed by atoms with Crippen molar-refractivity contribution in [1.29, 1.82) is 0 Å². The number of unbranched alkanes of at least 4 members (excludes halogenated alkanes) is 3. The highest BCUT2D eigenvalue weighted by Crippen LogP contribution is 2.68. The Morgan fingerprint density at radius 1 is 0.864 bits per heavy atom. The molecule has 0 heterocycles. The van der Waals surface area contributed by atoms with E-state index in [2.05, 4.69) is 34.6 Å². The van der Waals surface area contributed by atoms with Crippen molar-refractivity contribution in [2.45, 2.75) is 156 Å². The minimum atomic E-state index is 0.0306. The van der Waals surface area contributed by atoms with Crippen LogP contribution in [0.2, 0.25) is 0 Å². The first-order chi connectivity index (χ1) is 21.0. The van der Waals surface area contributed by atoms with Crippen molar-refractivity contribution in [3.05, 3.63) is 23.8 Å². The number of nitrogen functional groups attached to an aromatic ring is 2. The smallest absolute Gasteiger partial charge is 0.306 e. The number of esters is 1. The summed E-state index contributed by atoms with van der Waals surface area (Å²) in [6, 6.07) is 5.81. The summed E-state index contributed by atoms with van der Waals surface area (Å²) in [5.41, 5.74) is 15.6. The lowest BCUT2D eigenvalue weighted by atomic mass is 9.44. The molecule has 4 fully saturated rings. The quantitative estimate of drug-likeness (QED) is 0.133. The Morgan fingerprint density at radius 3 is 2.39 bits per heavy atom. The molecule has 248 valence electrons. The Bertz CT molecular complexity index is 1100. The van der Waals surface area contributed by atoms with Crippen LogP contribution in [0.25, 0.3) is 0 Å². The minimum absolute atomic E-state index is 0.0306. The molecule has 0 amide bonds. The van der Waals surface area contributed by atoms with Crippen LogP contribution in [0.1, 0.15) is 149 Å². The third kappa shape index (κ3) is 7.30. The Morgan fingerprint density at radius 2 is 1.61 bits per heavy atom. The summed E-state index contributed by atoms with van der Waals surface area (Å²) in [4.78, 5) is 12.8. The fraction of sp³-hybridized carbons (Fsp3) is 0.825. The molecule has 9 atom stereocenters. The fourth-order valence-electron chi connectivity index (χ4n) is 11.4. The van der Waals surface area contributed by atoms with Crippen molar-refractivity contribution in [2.75, 3.05) is 11.5 Å². The molecule has 5 rings (SSSR count). The molecular weight excluding hydrogens is 540 g/mol. The third-order valence-corrected chi connectivity index (χ3v) is 13.9. The van der Waals surface area contributed by atoms with Crippen LogP contribution in [-0.2, 0) is 16.0 Å². The lowest BCUT2D eigenvalue weighted by molar-refractivity contribution is -0.162. The van der Waals surface area contributed by atoms with E-state index in [-0.39, 0.29) is 12.1 Å². The number of aryl methyl sites for hydroxylation is 1. The molecule has 4 N–H and O–H groups in total. The second kappa shape index (κ2) is 14.4. The minimum Gasteiger partial charge on any atom is -0.462 e. The van der Waals surface area contributed by atoms with E-state index in [9.17, 15) is 4.79 Å². The van der Waals surface area contributed by atoms with Gasteiger partial charge in [0.1, 0.15) is 6.10 Å². The normalized spacial score (nSPS) is 35.5. The first kappa shape index (κ1) is 33.6. The molecule has 4 nitrogen and oxygen atoms in total. The molecule has 0 spiro atoms. The van der Waals surface area contributed by atoms with Crippen LogP contribution in [0.5, 0.6) is 0 Å². The summed E-state index contributed by atoms with van der Waals surface area (Å²) in [5, 5.41) is 0. The summed E-state index contributed by atoms with van der Waals surface area (Å²) >= 11 is 0. The van der Waals surface area contributed by atoms with Crippen LogP contribution in [0.3, 0.4) is 0 Å². The third-order valence-electron chi connectivity index (χ3n) is 13.9. The molecule has 0 aromatic heterocycles. The number of carbonyl (C=O) groups excluding carboxylic acids is 1. The Labute approximate surface area is 270 Å². The molecule has 44 heavy (non-hydrogen) atoms. The second-order valence-electron chi connectivity index (χ2n) is 16.9. The molecule has 0 radical (unpaired) electrons. The highest BCUT2D eigenvalue weighted by Gasteiger charge is 2.60. The summed E-state index contributed by atoms with van der Waals surface area (Å²) in [6.45, 7) is 12.7. The number of fused-ring (bicyclic) bond motifs is 5. The molecule has 0 saturated heterocycles. The number of benzene rings is 1. The maximum absolute atomic E-state index is 12.8. The lowest BCUT2D eigenvalue weighted by Gasteiger charge is -2.61. The van der Waals surface area contributed by atoms with Crippen LogP contribution in [0.15, 0.2) is 18.2 Å². The van der Waals surface area contributed by atoms with Gasteiger partial charge in [0.05, 0.1) is 0 Å². The van der Waals surface area contributed by atoms with Gasteiger partial charge in [0, 0.05) is 17.8 Å². The number of anilines is 2. The predicted molar refractivity (Wildman–Crippen MR) is 185 cm³/mol. The van der Waals surface area contributed by atoms with E-state index in [1.54, 1.807) is 0 Å². The predicted octanol–water partition coefficient (Wildman–Crippen LogP) is 10.4. The van der Waals surface area contributed by atoms with E-state index < -0.39 is 0 Å². The van der Waals surface area contributed by atoms with Gasteiger partial charge in [-0.3, -0.25) is 4.79 Å². The van der Waals surface area contributed by atoms with Crippen LogP contribution in [0, 0.1) is 52.3 Å². The maximum atomic E-state index is 12.8. The van der Waals surface area contributed by atoms with Crippen molar-refractivity contribution in [1.82, 2.24) is 0 Å². The molecule has 1 aromatic carbocycles. The molecule has 1 aromatic rings. The van der Waals surface area contributed by atoms with Crippen molar-refractivity contribution in [3.63, 3.8) is 0 Å². The van der Waals surface area contributed by atoms with Crippen LogP contribution in [0.4, 0.5) is 11.4 Å². The molecule has 9 unspecified atom stereocenters. The van der Waals surface area contributed by atoms with E-state index in [1.807, 2.05) is 18.2 Å². The largest absolute Gasteiger partial charge is 0.462 e. The Hall–Kier alpha value is -1.71. The average molecular weight is 607 g/mol. The molecule has 0 bridgehead atoms. The van der Waals surface area contributed by atoms with Gasteiger partial charge in [-0.25, -0.2) is 0 Å². The number of rotatable bonds is 13. The van der Waals surface area contributed by atoms with Gasteiger partial charge < -0.3 is 16.2 Å². The number of nitrogens with two attached hydrogens (primary N) is 2. The Kier molecular flexibility index (Phi) is 11.0. The van der Waals surface area contributed by atoms with E-state index in [0.717, 1.165) is 97.7 Å². The zero-order chi connectivity index (χ0) is 31.5. The highest BCUT2D eigenvalue weighted by molar-refractivity contribution is 5.69. The SMILES string of the molecule is CC(C)CCCC(C)C1CCC2C3CCC4CC(OC(=O)CCCCCCc5ccc(N)cc5N)CCC4(C)C3CCC12C. The van der Waals surface area contributed by atoms with Gasteiger partial charge >= 0.3 is 5.97 Å². The van der Waals surface area contributed by atoms with Crippen molar-refractivity contribution in [3.8, 4) is 0 Å². The van der Waals surface area contributed by atoms with Gasteiger partial charge in [-0.1, -0.05) is 72.8 Å². The monoisotopic (exact) mass is 607 g/mol. The van der Waals surface area contributed by atoms with Crippen molar-refractivity contribution < 1.29 is 9.53 Å². The van der Waals surface area contributed by atoms with Gasteiger partial charge in [-0.15, -0.1) is 0 Å². The lowest BCUT2D eigenvalue weighted by Crippen LogP contribution is -2.54. The fourth-order valence-corrected chi connectivity index (χ4v) is 11.4. The molecule has 4 aliphatic rings. The number of carbonyl (C=O) groups is 1. The standard InChI is InChI=1S/C40H66N2O2/c1-27(2)11-10-12-28(3)34-19-20-35-33-18-16-30-25-32(21-23-39(30,4)36(33)22-24-40(34,35)5)44-38(43)14-9-7-6-8-13-29-15-17-31(41)26-37(29)42/h15,17,26-28,30,32-36H,6-14,16,18-25,41-42H2,1-5H3. The van der Waals surface area contributed by atoms with Crippen LogP contribution >= 0.6 is 0 Å². The molecule has 4 aliphatic carbocycles. The molecule has 4 saturated carbocycles. The van der Waals surface area contributed by atoms with Gasteiger partial charge in [-0.05, 0) is 147 Å². The molecule has 4 heteroatoms. The highest BCUT2D eigenvalue weighted by atomic mass is 16.5. The first-order valence-electron chi connectivity index (χ1n) is 18.8. The number of hydrogen-bond acceptors (Lipinski definition) is 4. The van der Waals surface area contributed by atoms with E-state index >= 15 is 0 Å². The zero-order valence-electron chi connectivity index (χ0n) is 29.0. The van der Waals surface area contributed by atoms with Crippen molar-refractivity contribution in [2.24, 2.45) is 52.3 Å². The first-order valence-corrected chi connectivity index (χ1v) is 18.8.